The van der Waals surface area contributed by atoms with Crippen molar-refractivity contribution in [3.05, 3.63) is 24.3 Å². The number of rotatable bonds is 3. The van der Waals surface area contributed by atoms with E-state index in [9.17, 15) is 8.42 Å². The molecule has 3 N–H and O–H groups in total. The Labute approximate surface area is 103 Å². The summed E-state index contributed by atoms with van der Waals surface area (Å²) in [6.45, 7) is 5.38. The molecule has 96 valence electrons. The first-order chi connectivity index (χ1) is 7.62. The van der Waals surface area contributed by atoms with Gasteiger partial charge in [-0.2, -0.15) is 13.1 Å². The molecule has 0 unspecified atom stereocenters. The van der Waals surface area contributed by atoms with Gasteiger partial charge in [0.25, 0.3) is 0 Å². The molecule has 0 aliphatic heterocycles. The monoisotopic (exact) mass is 257 g/mol. The van der Waals surface area contributed by atoms with E-state index in [1.54, 1.807) is 45.0 Å². The zero-order valence-corrected chi connectivity index (χ0v) is 11.4. The Balaban J connectivity index is 2.97. The largest absolute Gasteiger partial charge is 0.399 e. The van der Waals surface area contributed by atoms with Crippen molar-refractivity contribution in [2.75, 3.05) is 17.1 Å². The minimum Gasteiger partial charge on any atom is -0.399 e. The van der Waals surface area contributed by atoms with Crippen LogP contribution in [0.3, 0.4) is 0 Å². The third-order valence-electron chi connectivity index (χ3n) is 2.05. The highest BCUT2D eigenvalue weighted by Gasteiger charge is 2.24. The lowest BCUT2D eigenvalue weighted by Gasteiger charge is -2.26. The Kier molecular flexibility index (Phi) is 3.68. The highest BCUT2D eigenvalue weighted by molar-refractivity contribution is 7.90. The molecular formula is C11H19N3O2S. The van der Waals surface area contributed by atoms with E-state index in [2.05, 4.69) is 4.72 Å². The average Bonchev–Trinajstić information content (AvgIpc) is 2.14. The fourth-order valence-corrected chi connectivity index (χ4v) is 2.59. The minimum absolute atomic E-state index is 0.513. The summed E-state index contributed by atoms with van der Waals surface area (Å²) in [5.74, 6) is 0. The Bertz CT molecular complexity index is 474. The van der Waals surface area contributed by atoms with E-state index in [-0.39, 0.29) is 0 Å². The molecule has 0 saturated carbocycles. The van der Waals surface area contributed by atoms with Crippen molar-refractivity contribution >= 4 is 21.6 Å². The van der Waals surface area contributed by atoms with Gasteiger partial charge in [0, 0.05) is 18.3 Å². The van der Waals surface area contributed by atoms with Crippen LogP contribution in [0, 0.1) is 0 Å². The lowest BCUT2D eigenvalue weighted by molar-refractivity contribution is 0.490. The number of nitrogens with two attached hydrogens (primary N) is 1. The van der Waals surface area contributed by atoms with E-state index in [0.717, 1.165) is 0 Å². The average molecular weight is 257 g/mol. The van der Waals surface area contributed by atoms with Gasteiger partial charge >= 0.3 is 10.2 Å². The summed E-state index contributed by atoms with van der Waals surface area (Å²) in [7, 11) is -2.04. The molecule has 1 aromatic carbocycles. The molecule has 17 heavy (non-hydrogen) atoms. The van der Waals surface area contributed by atoms with Crippen LogP contribution in [0.15, 0.2) is 24.3 Å². The summed E-state index contributed by atoms with van der Waals surface area (Å²) in [5.41, 5.74) is 6.21. The van der Waals surface area contributed by atoms with E-state index < -0.39 is 15.7 Å². The van der Waals surface area contributed by atoms with Crippen molar-refractivity contribution in [3.63, 3.8) is 0 Å². The molecular weight excluding hydrogens is 238 g/mol. The maximum absolute atomic E-state index is 12.0. The van der Waals surface area contributed by atoms with Crippen LogP contribution >= 0.6 is 0 Å². The molecule has 0 aliphatic rings. The number of nitrogens with one attached hydrogen (secondary N) is 1. The quantitative estimate of drug-likeness (QED) is 0.802. The van der Waals surface area contributed by atoms with Gasteiger partial charge < -0.3 is 5.73 Å². The summed E-state index contributed by atoms with van der Waals surface area (Å²) in [4.78, 5) is 0. The number of anilines is 2. The SMILES string of the molecule is CN(c1ccc(N)cc1)S(=O)(=O)NC(C)(C)C. The number of benzene rings is 1. The van der Waals surface area contributed by atoms with E-state index in [1.807, 2.05) is 0 Å². The minimum atomic E-state index is -3.54. The summed E-state index contributed by atoms with van der Waals surface area (Å²) in [6, 6.07) is 6.66. The lowest BCUT2D eigenvalue weighted by Crippen LogP contribution is -2.47. The number of nitrogen functional groups attached to an aromatic ring is 1. The topological polar surface area (TPSA) is 75.4 Å². The zero-order chi connectivity index (χ0) is 13.3. The molecule has 0 radical (unpaired) electrons. The predicted molar refractivity (Wildman–Crippen MR) is 71.1 cm³/mol. The molecule has 0 aliphatic carbocycles. The van der Waals surface area contributed by atoms with Gasteiger partial charge in [0.05, 0.1) is 5.69 Å². The fraction of sp³-hybridized carbons (Fsp3) is 0.455. The van der Waals surface area contributed by atoms with E-state index >= 15 is 0 Å². The molecule has 0 atom stereocenters. The van der Waals surface area contributed by atoms with E-state index in [4.69, 9.17) is 5.73 Å². The van der Waals surface area contributed by atoms with Gasteiger partial charge in [0.2, 0.25) is 0 Å². The van der Waals surface area contributed by atoms with Gasteiger partial charge in [-0.25, -0.2) is 0 Å². The molecule has 6 heteroatoms. The summed E-state index contributed by atoms with van der Waals surface area (Å²) < 4.78 is 27.8. The predicted octanol–water partition coefficient (Wildman–Crippen LogP) is 1.34. The number of hydrogen-bond donors (Lipinski definition) is 2. The van der Waals surface area contributed by atoms with Gasteiger partial charge in [-0.1, -0.05) is 0 Å². The van der Waals surface area contributed by atoms with Gasteiger partial charge in [-0.15, -0.1) is 0 Å². The van der Waals surface area contributed by atoms with Crippen LogP contribution in [0.2, 0.25) is 0 Å². The summed E-state index contributed by atoms with van der Waals surface area (Å²) in [6.07, 6.45) is 0. The fourth-order valence-electron chi connectivity index (χ4n) is 1.28. The van der Waals surface area contributed by atoms with Crippen LogP contribution in [0.1, 0.15) is 20.8 Å². The lowest BCUT2D eigenvalue weighted by atomic mass is 10.1. The second-order valence-corrected chi connectivity index (χ2v) is 6.62. The molecule has 0 aromatic heterocycles. The van der Waals surface area contributed by atoms with Crippen LogP contribution in [-0.2, 0) is 10.2 Å². The van der Waals surface area contributed by atoms with E-state index in [0.29, 0.717) is 11.4 Å². The molecule has 0 amide bonds. The van der Waals surface area contributed by atoms with Crippen LogP contribution in [0.4, 0.5) is 11.4 Å². The number of hydrogen-bond acceptors (Lipinski definition) is 3. The van der Waals surface area contributed by atoms with Crippen molar-refractivity contribution < 1.29 is 8.42 Å². The second-order valence-electron chi connectivity index (χ2n) is 4.92. The molecule has 0 saturated heterocycles. The summed E-state index contributed by atoms with van der Waals surface area (Å²) in [5, 5.41) is 0. The normalized spacial score (nSPS) is 12.5. The third-order valence-corrected chi connectivity index (χ3v) is 3.85. The molecule has 1 aromatic rings. The van der Waals surface area contributed by atoms with Gasteiger partial charge in [0.1, 0.15) is 0 Å². The van der Waals surface area contributed by atoms with Gasteiger partial charge in [-0.3, -0.25) is 4.31 Å². The van der Waals surface area contributed by atoms with Crippen LogP contribution in [0.5, 0.6) is 0 Å². The Hall–Kier alpha value is -1.27. The molecule has 1 rings (SSSR count). The van der Waals surface area contributed by atoms with Crippen molar-refractivity contribution in [2.45, 2.75) is 26.3 Å². The van der Waals surface area contributed by atoms with Crippen LogP contribution in [0.25, 0.3) is 0 Å². The van der Waals surface area contributed by atoms with Crippen molar-refractivity contribution in [3.8, 4) is 0 Å². The van der Waals surface area contributed by atoms with Crippen molar-refractivity contribution in [1.82, 2.24) is 4.72 Å². The van der Waals surface area contributed by atoms with Gasteiger partial charge in [0.15, 0.2) is 0 Å². The standard InChI is InChI=1S/C11H19N3O2S/c1-11(2,3)13-17(15,16)14(4)10-7-5-9(12)6-8-10/h5-8,13H,12H2,1-4H3. The van der Waals surface area contributed by atoms with Crippen molar-refractivity contribution in [2.24, 2.45) is 0 Å². The highest BCUT2D eigenvalue weighted by atomic mass is 32.2. The Morgan fingerprint density at radius 2 is 1.65 bits per heavy atom. The number of nitrogens with zero attached hydrogens (tertiary/aromatic N) is 1. The third kappa shape index (κ3) is 3.90. The highest BCUT2D eigenvalue weighted by Crippen LogP contribution is 2.18. The first-order valence-corrected chi connectivity index (χ1v) is 6.69. The second kappa shape index (κ2) is 4.54. The van der Waals surface area contributed by atoms with Crippen LogP contribution < -0.4 is 14.8 Å². The van der Waals surface area contributed by atoms with Crippen LogP contribution in [-0.4, -0.2) is 21.0 Å². The molecule has 0 bridgehead atoms. The summed E-state index contributed by atoms with van der Waals surface area (Å²) >= 11 is 0. The zero-order valence-electron chi connectivity index (χ0n) is 10.6. The Morgan fingerprint density at radius 3 is 2.06 bits per heavy atom. The Morgan fingerprint density at radius 1 is 1.18 bits per heavy atom. The first-order valence-electron chi connectivity index (χ1n) is 5.25. The molecule has 0 fully saturated rings. The molecule has 0 heterocycles. The first kappa shape index (κ1) is 13.8. The smallest absolute Gasteiger partial charge is 0.301 e. The molecule has 5 nitrogen and oxygen atoms in total. The van der Waals surface area contributed by atoms with E-state index in [1.165, 1.54) is 11.4 Å². The maximum atomic E-state index is 12.0. The maximum Gasteiger partial charge on any atom is 0.301 e. The van der Waals surface area contributed by atoms with Crippen molar-refractivity contribution in [1.29, 1.82) is 0 Å². The van der Waals surface area contributed by atoms with Gasteiger partial charge in [-0.05, 0) is 45.0 Å². The molecule has 0 spiro atoms.